The highest BCUT2D eigenvalue weighted by Crippen LogP contribution is 2.29. The molecule has 0 saturated carbocycles. The first-order valence-corrected chi connectivity index (χ1v) is 7.30. The van der Waals surface area contributed by atoms with Crippen LogP contribution in [0.1, 0.15) is 19.1 Å². The monoisotopic (exact) mass is 319 g/mol. The molecule has 23 heavy (non-hydrogen) atoms. The highest BCUT2D eigenvalue weighted by molar-refractivity contribution is 5.96. The average molecular weight is 319 g/mol. The Morgan fingerprint density at radius 2 is 2.09 bits per heavy atom. The highest BCUT2D eigenvalue weighted by atomic mass is 16.5. The first kappa shape index (κ1) is 16.7. The lowest BCUT2D eigenvalue weighted by Crippen LogP contribution is -2.34. The Morgan fingerprint density at radius 3 is 2.65 bits per heavy atom. The van der Waals surface area contributed by atoms with Gasteiger partial charge in [-0.2, -0.15) is 0 Å². The first-order chi connectivity index (χ1) is 11.1. The highest BCUT2D eigenvalue weighted by Gasteiger charge is 2.19. The number of hydrogen-bond acceptors (Lipinski definition) is 6. The third-order valence-corrected chi connectivity index (χ3v) is 3.34. The molecule has 1 aromatic heterocycles. The minimum absolute atomic E-state index is 0.196. The Labute approximate surface area is 134 Å². The van der Waals surface area contributed by atoms with Crippen LogP contribution in [0.15, 0.2) is 28.8 Å². The lowest BCUT2D eigenvalue weighted by atomic mass is 10.2. The van der Waals surface area contributed by atoms with Crippen LogP contribution in [0, 0.1) is 6.92 Å². The van der Waals surface area contributed by atoms with Gasteiger partial charge in [0.05, 0.1) is 19.9 Å². The molecule has 124 valence electrons. The van der Waals surface area contributed by atoms with Crippen molar-refractivity contribution in [3.8, 4) is 11.5 Å². The molecule has 0 aliphatic rings. The van der Waals surface area contributed by atoms with E-state index in [-0.39, 0.29) is 5.91 Å². The molecule has 0 unspecified atom stereocenters. The minimum Gasteiger partial charge on any atom is -0.497 e. The topological polar surface area (TPSA) is 85.6 Å². The second-order valence-electron chi connectivity index (χ2n) is 4.98. The number of carbonyl (C=O) groups is 1. The van der Waals surface area contributed by atoms with E-state index in [0.717, 1.165) is 0 Å². The fourth-order valence-electron chi connectivity index (χ4n) is 2.10. The van der Waals surface area contributed by atoms with Crippen LogP contribution < -0.4 is 20.1 Å². The standard InChI is InChI=1S/C16H21N3O4/c1-5-12(16(20)18-15-8-10(2)23-19-15)17-13-7-6-11(21-3)9-14(13)22-4/h6-9,12,17H,5H2,1-4H3,(H,18,19,20)/t12-/m0/s1. The number of ether oxygens (including phenoxy) is 2. The Kier molecular flexibility index (Phi) is 5.46. The third kappa shape index (κ3) is 4.15. The molecule has 2 rings (SSSR count). The SMILES string of the molecule is CC[C@H](Nc1ccc(OC)cc1OC)C(=O)Nc1cc(C)on1. The quantitative estimate of drug-likeness (QED) is 0.816. The van der Waals surface area contributed by atoms with Crippen LogP contribution >= 0.6 is 0 Å². The van der Waals surface area contributed by atoms with Crippen LogP contribution in [0.4, 0.5) is 11.5 Å². The van der Waals surface area contributed by atoms with Crippen molar-refractivity contribution >= 4 is 17.4 Å². The summed E-state index contributed by atoms with van der Waals surface area (Å²) in [7, 11) is 3.16. The summed E-state index contributed by atoms with van der Waals surface area (Å²) in [5, 5.41) is 9.66. The fraction of sp³-hybridized carbons (Fsp3) is 0.375. The van der Waals surface area contributed by atoms with Crippen molar-refractivity contribution in [1.29, 1.82) is 0 Å². The van der Waals surface area contributed by atoms with Crippen molar-refractivity contribution in [1.82, 2.24) is 5.16 Å². The van der Waals surface area contributed by atoms with E-state index in [4.69, 9.17) is 14.0 Å². The minimum atomic E-state index is -0.436. The predicted octanol–water partition coefficient (Wildman–Crippen LogP) is 2.83. The van der Waals surface area contributed by atoms with Crippen LogP contribution in [-0.4, -0.2) is 31.3 Å². The number of hydrogen-bond donors (Lipinski definition) is 2. The summed E-state index contributed by atoms with van der Waals surface area (Å²) in [5.74, 6) is 2.13. The number of benzene rings is 1. The zero-order chi connectivity index (χ0) is 16.8. The van der Waals surface area contributed by atoms with Gasteiger partial charge in [-0.05, 0) is 25.5 Å². The van der Waals surface area contributed by atoms with Crippen LogP contribution in [0.5, 0.6) is 11.5 Å². The number of nitrogens with zero attached hydrogens (tertiary/aromatic N) is 1. The van der Waals surface area contributed by atoms with Gasteiger partial charge < -0.3 is 24.6 Å². The van der Waals surface area contributed by atoms with E-state index in [0.29, 0.717) is 35.2 Å². The first-order valence-electron chi connectivity index (χ1n) is 7.30. The molecule has 7 nitrogen and oxygen atoms in total. The molecular formula is C16H21N3O4. The predicted molar refractivity (Wildman–Crippen MR) is 87.1 cm³/mol. The molecule has 0 aliphatic carbocycles. The van der Waals surface area contributed by atoms with Gasteiger partial charge in [-0.1, -0.05) is 12.1 Å². The van der Waals surface area contributed by atoms with Crippen molar-refractivity contribution in [2.45, 2.75) is 26.3 Å². The van der Waals surface area contributed by atoms with Gasteiger partial charge in [-0.25, -0.2) is 0 Å². The molecule has 0 spiro atoms. The Balaban J connectivity index is 2.10. The maximum atomic E-state index is 12.4. The van der Waals surface area contributed by atoms with Gasteiger partial charge in [-0.3, -0.25) is 4.79 Å². The molecule has 0 bridgehead atoms. The Morgan fingerprint density at radius 1 is 1.30 bits per heavy atom. The van der Waals surface area contributed by atoms with Gasteiger partial charge in [0.25, 0.3) is 0 Å². The number of methoxy groups -OCH3 is 2. The number of anilines is 2. The van der Waals surface area contributed by atoms with Crippen LogP contribution in [0.2, 0.25) is 0 Å². The number of aromatic nitrogens is 1. The third-order valence-electron chi connectivity index (χ3n) is 3.34. The van der Waals surface area contributed by atoms with E-state index in [9.17, 15) is 4.79 Å². The normalized spacial score (nSPS) is 11.7. The van der Waals surface area contributed by atoms with Crippen LogP contribution in [0.3, 0.4) is 0 Å². The fourth-order valence-corrected chi connectivity index (χ4v) is 2.10. The number of carbonyl (C=O) groups excluding carboxylic acids is 1. The van der Waals surface area contributed by atoms with Crippen molar-refractivity contribution in [3.05, 3.63) is 30.0 Å². The molecule has 0 saturated heterocycles. The molecule has 1 amide bonds. The van der Waals surface area contributed by atoms with E-state index >= 15 is 0 Å². The van der Waals surface area contributed by atoms with Crippen molar-refractivity contribution in [3.63, 3.8) is 0 Å². The summed E-state index contributed by atoms with van der Waals surface area (Å²) in [4.78, 5) is 12.4. The molecule has 7 heteroatoms. The van der Waals surface area contributed by atoms with Gasteiger partial charge in [0.2, 0.25) is 5.91 Å². The molecule has 2 N–H and O–H groups in total. The van der Waals surface area contributed by atoms with Gasteiger partial charge in [-0.15, -0.1) is 0 Å². The summed E-state index contributed by atoms with van der Waals surface area (Å²) in [5.41, 5.74) is 0.714. The summed E-state index contributed by atoms with van der Waals surface area (Å²) in [6, 6.07) is 6.60. The summed E-state index contributed by atoms with van der Waals surface area (Å²) >= 11 is 0. The lowest BCUT2D eigenvalue weighted by molar-refractivity contribution is -0.117. The molecular weight excluding hydrogens is 298 g/mol. The van der Waals surface area contributed by atoms with Gasteiger partial charge in [0, 0.05) is 12.1 Å². The van der Waals surface area contributed by atoms with Gasteiger partial charge in [0.15, 0.2) is 5.82 Å². The van der Waals surface area contributed by atoms with Crippen molar-refractivity contribution < 1.29 is 18.8 Å². The van der Waals surface area contributed by atoms with Gasteiger partial charge in [0.1, 0.15) is 23.3 Å². The lowest BCUT2D eigenvalue weighted by Gasteiger charge is -2.19. The van der Waals surface area contributed by atoms with Crippen molar-refractivity contribution in [2.75, 3.05) is 24.9 Å². The van der Waals surface area contributed by atoms with Crippen LogP contribution in [0.25, 0.3) is 0 Å². The van der Waals surface area contributed by atoms with Crippen LogP contribution in [-0.2, 0) is 4.79 Å². The number of nitrogens with one attached hydrogen (secondary N) is 2. The summed E-state index contributed by atoms with van der Waals surface area (Å²) < 4.78 is 15.4. The Bertz CT molecular complexity index is 669. The number of rotatable bonds is 7. The molecule has 0 radical (unpaired) electrons. The zero-order valence-electron chi connectivity index (χ0n) is 13.7. The number of aryl methyl sites for hydroxylation is 1. The smallest absolute Gasteiger partial charge is 0.248 e. The molecule has 1 atom stereocenters. The van der Waals surface area contributed by atoms with E-state index < -0.39 is 6.04 Å². The van der Waals surface area contributed by atoms with Crippen molar-refractivity contribution in [2.24, 2.45) is 0 Å². The molecule has 0 fully saturated rings. The zero-order valence-corrected chi connectivity index (χ0v) is 13.7. The Hall–Kier alpha value is -2.70. The largest absolute Gasteiger partial charge is 0.497 e. The summed E-state index contributed by atoms with van der Waals surface area (Å²) in [6.07, 6.45) is 0.595. The molecule has 1 aromatic carbocycles. The van der Waals surface area contributed by atoms with E-state index in [1.54, 1.807) is 39.3 Å². The maximum absolute atomic E-state index is 12.4. The van der Waals surface area contributed by atoms with E-state index in [1.807, 2.05) is 13.0 Å². The van der Waals surface area contributed by atoms with E-state index in [2.05, 4.69) is 15.8 Å². The maximum Gasteiger partial charge on any atom is 0.248 e. The average Bonchev–Trinajstić information content (AvgIpc) is 2.97. The summed E-state index contributed by atoms with van der Waals surface area (Å²) in [6.45, 7) is 3.68. The van der Waals surface area contributed by atoms with Gasteiger partial charge >= 0.3 is 0 Å². The molecule has 1 heterocycles. The van der Waals surface area contributed by atoms with E-state index in [1.165, 1.54) is 0 Å². The molecule has 2 aromatic rings. The number of amides is 1. The second kappa shape index (κ2) is 7.53. The second-order valence-corrected chi connectivity index (χ2v) is 4.98. The molecule has 0 aliphatic heterocycles.